The summed E-state index contributed by atoms with van der Waals surface area (Å²) < 4.78 is 0. The van der Waals surface area contributed by atoms with Gasteiger partial charge in [0.15, 0.2) is 0 Å². The van der Waals surface area contributed by atoms with E-state index in [0.29, 0.717) is 16.6 Å². The van der Waals surface area contributed by atoms with E-state index in [0.717, 1.165) is 0 Å². The number of fused-ring (bicyclic) bond motifs is 1. The summed E-state index contributed by atoms with van der Waals surface area (Å²) in [4.78, 5) is 20.7. The van der Waals surface area contributed by atoms with Crippen LogP contribution in [0.25, 0.3) is 10.9 Å². The van der Waals surface area contributed by atoms with Crippen molar-refractivity contribution in [2.45, 2.75) is 0 Å². The number of hydrogen-bond donors (Lipinski definition) is 4. The summed E-state index contributed by atoms with van der Waals surface area (Å²) in [7, 11) is 0. The van der Waals surface area contributed by atoms with Crippen molar-refractivity contribution in [1.82, 2.24) is 15.5 Å². The fourth-order valence-electron chi connectivity index (χ4n) is 1.64. The zero-order chi connectivity index (χ0) is 13.8. The second-order valence-corrected chi connectivity index (χ2v) is 3.74. The van der Waals surface area contributed by atoms with Crippen molar-refractivity contribution < 1.29 is 14.8 Å². The van der Waals surface area contributed by atoms with Gasteiger partial charge in [-0.25, -0.2) is 4.79 Å². The van der Waals surface area contributed by atoms with Gasteiger partial charge in [0.2, 0.25) is 0 Å². The van der Waals surface area contributed by atoms with Gasteiger partial charge in [0.1, 0.15) is 5.69 Å². The van der Waals surface area contributed by atoms with Crippen LogP contribution in [-0.4, -0.2) is 39.4 Å². The van der Waals surface area contributed by atoms with Crippen LogP contribution >= 0.6 is 0 Å². The van der Waals surface area contributed by atoms with E-state index >= 15 is 0 Å². The van der Waals surface area contributed by atoms with Gasteiger partial charge in [0.05, 0.1) is 16.6 Å². The Balaban J connectivity index is 2.17. The second kappa shape index (κ2) is 5.21. The number of aromatic nitrogens is 2. The maximum Gasteiger partial charge on any atom is 0.404 e. The molecule has 0 fully saturated rings. The summed E-state index contributed by atoms with van der Waals surface area (Å²) in [5.74, 6) is 0. The zero-order valence-corrected chi connectivity index (χ0v) is 9.71. The van der Waals surface area contributed by atoms with Gasteiger partial charge in [0, 0.05) is 24.5 Å². The Bertz CT molecular complexity index is 623. The molecule has 9 nitrogen and oxygen atoms in total. The molecular weight excluding hydrogens is 254 g/mol. The molecule has 19 heavy (non-hydrogen) atoms. The Morgan fingerprint density at radius 2 is 2.26 bits per heavy atom. The fourth-order valence-corrected chi connectivity index (χ4v) is 1.64. The summed E-state index contributed by atoms with van der Waals surface area (Å²) >= 11 is 0. The number of amides is 1. The van der Waals surface area contributed by atoms with E-state index in [1.807, 2.05) is 0 Å². The number of benzene rings is 1. The third-order valence-corrected chi connectivity index (χ3v) is 2.47. The second-order valence-electron chi connectivity index (χ2n) is 3.74. The summed E-state index contributed by atoms with van der Waals surface area (Å²) in [6.07, 6.45) is 0.360. The van der Waals surface area contributed by atoms with Gasteiger partial charge in [-0.2, -0.15) is 5.10 Å². The number of nitrogens with zero attached hydrogens (tertiary/aromatic N) is 2. The summed E-state index contributed by atoms with van der Waals surface area (Å²) in [5.41, 5.74) is 0.900. The first-order valence-electron chi connectivity index (χ1n) is 5.40. The van der Waals surface area contributed by atoms with Crippen LogP contribution in [0.5, 0.6) is 0 Å². The molecule has 0 unspecified atom stereocenters. The van der Waals surface area contributed by atoms with Crippen LogP contribution in [0, 0.1) is 10.1 Å². The van der Waals surface area contributed by atoms with Crippen LogP contribution < -0.4 is 10.6 Å². The number of aromatic amines is 1. The predicted octanol–water partition coefficient (Wildman–Crippen LogP) is 1.15. The van der Waals surface area contributed by atoms with Crippen LogP contribution in [-0.2, 0) is 0 Å². The molecule has 4 N–H and O–H groups in total. The van der Waals surface area contributed by atoms with E-state index in [9.17, 15) is 14.9 Å². The molecule has 2 aromatic rings. The van der Waals surface area contributed by atoms with Crippen molar-refractivity contribution in [3.63, 3.8) is 0 Å². The van der Waals surface area contributed by atoms with Crippen LogP contribution in [0.15, 0.2) is 18.3 Å². The first kappa shape index (κ1) is 12.6. The monoisotopic (exact) mass is 265 g/mol. The van der Waals surface area contributed by atoms with Crippen LogP contribution in [0.4, 0.5) is 16.2 Å². The number of carboxylic acid groups (broad SMARTS) is 1. The number of H-pyrrole nitrogens is 1. The van der Waals surface area contributed by atoms with Crippen LogP contribution in [0.1, 0.15) is 0 Å². The highest BCUT2D eigenvalue weighted by Crippen LogP contribution is 2.28. The Labute approximate surface area is 106 Å². The van der Waals surface area contributed by atoms with Gasteiger partial charge >= 0.3 is 6.09 Å². The number of hydrogen-bond acceptors (Lipinski definition) is 5. The third kappa shape index (κ3) is 2.89. The highest BCUT2D eigenvalue weighted by molar-refractivity contribution is 5.86. The average molecular weight is 265 g/mol. The quantitative estimate of drug-likeness (QED) is 0.364. The number of nitro benzene ring substituents is 1. The fraction of sp³-hybridized carbons (Fsp3) is 0.200. The topological polar surface area (TPSA) is 133 Å². The summed E-state index contributed by atoms with van der Waals surface area (Å²) in [6.45, 7) is 0.389. The molecule has 1 amide bonds. The maximum atomic E-state index is 11.0. The third-order valence-electron chi connectivity index (χ3n) is 2.47. The molecule has 1 heterocycles. The molecule has 2 rings (SSSR count). The molecule has 0 radical (unpaired) electrons. The zero-order valence-electron chi connectivity index (χ0n) is 9.71. The van der Waals surface area contributed by atoms with Crippen molar-refractivity contribution in [3.8, 4) is 0 Å². The predicted molar refractivity (Wildman–Crippen MR) is 67.3 cm³/mol. The largest absolute Gasteiger partial charge is 0.465 e. The van der Waals surface area contributed by atoms with Crippen molar-refractivity contribution in [1.29, 1.82) is 0 Å². The van der Waals surface area contributed by atoms with Gasteiger partial charge in [0.25, 0.3) is 5.69 Å². The molecule has 0 bridgehead atoms. The van der Waals surface area contributed by atoms with E-state index < -0.39 is 11.0 Å². The lowest BCUT2D eigenvalue weighted by Crippen LogP contribution is -2.27. The number of nitrogens with one attached hydrogen (secondary N) is 3. The highest BCUT2D eigenvalue weighted by Gasteiger charge is 2.15. The molecule has 0 atom stereocenters. The summed E-state index contributed by atoms with van der Waals surface area (Å²) in [5, 5.41) is 31.5. The number of rotatable bonds is 5. The first-order valence-corrected chi connectivity index (χ1v) is 5.40. The van der Waals surface area contributed by atoms with Crippen molar-refractivity contribution >= 4 is 28.4 Å². The van der Waals surface area contributed by atoms with Gasteiger partial charge < -0.3 is 15.7 Å². The van der Waals surface area contributed by atoms with E-state index in [2.05, 4.69) is 20.8 Å². The molecular formula is C10H11N5O4. The number of carbonyl (C=O) groups is 1. The van der Waals surface area contributed by atoms with Gasteiger partial charge in [-0.05, 0) is 6.07 Å². The maximum absolute atomic E-state index is 11.0. The average Bonchev–Trinajstić information content (AvgIpc) is 2.80. The molecule has 0 saturated heterocycles. The van der Waals surface area contributed by atoms with Crippen LogP contribution in [0.3, 0.4) is 0 Å². The standard InChI is InChI=1S/C10H11N5O4/c16-10(17)12-2-1-11-8-4-7-6(5-13-14-7)3-9(8)15(18)19/h3-5,11-12H,1-2H2,(H,13,14)(H,16,17). The lowest BCUT2D eigenvalue weighted by Gasteiger charge is -2.07. The minimum absolute atomic E-state index is 0.0794. The molecule has 1 aromatic heterocycles. The SMILES string of the molecule is O=C(O)NCCNc1cc2[nH]ncc2cc1[N+](=O)[O-]. The molecule has 0 aliphatic heterocycles. The molecule has 1 aromatic carbocycles. The molecule has 0 aliphatic rings. The Hall–Kier alpha value is -2.84. The van der Waals surface area contributed by atoms with E-state index in [1.54, 1.807) is 6.07 Å². The molecule has 0 spiro atoms. The Morgan fingerprint density at radius 1 is 1.47 bits per heavy atom. The van der Waals surface area contributed by atoms with Crippen molar-refractivity contribution in [3.05, 3.63) is 28.4 Å². The number of anilines is 1. The van der Waals surface area contributed by atoms with E-state index in [1.165, 1.54) is 12.3 Å². The minimum atomic E-state index is -1.14. The van der Waals surface area contributed by atoms with E-state index in [4.69, 9.17) is 5.11 Å². The lowest BCUT2D eigenvalue weighted by atomic mass is 10.2. The molecule has 0 aliphatic carbocycles. The first-order chi connectivity index (χ1) is 9.08. The van der Waals surface area contributed by atoms with Gasteiger partial charge in [-0.1, -0.05) is 0 Å². The molecule has 100 valence electrons. The Kier molecular flexibility index (Phi) is 3.46. The van der Waals surface area contributed by atoms with Gasteiger partial charge in [-0.3, -0.25) is 15.2 Å². The summed E-state index contributed by atoms with van der Waals surface area (Å²) in [6, 6.07) is 2.98. The Morgan fingerprint density at radius 3 is 2.95 bits per heavy atom. The molecule has 0 saturated carbocycles. The molecule has 9 heteroatoms. The normalized spacial score (nSPS) is 10.3. The van der Waals surface area contributed by atoms with E-state index in [-0.39, 0.29) is 18.8 Å². The van der Waals surface area contributed by atoms with Crippen LogP contribution in [0.2, 0.25) is 0 Å². The highest BCUT2D eigenvalue weighted by atomic mass is 16.6. The lowest BCUT2D eigenvalue weighted by molar-refractivity contribution is -0.383. The van der Waals surface area contributed by atoms with Crippen molar-refractivity contribution in [2.75, 3.05) is 18.4 Å². The minimum Gasteiger partial charge on any atom is -0.465 e. The number of nitro groups is 1. The van der Waals surface area contributed by atoms with Gasteiger partial charge in [-0.15, -0.1) is 0 Å². The van der Waals surface area contributed by atoms with Crippen molar-refractivity contribution in [2.24, 2.45) is 0 Å². The smallest absolute Gasteiger partial charge is 0.404 e.